The second-order valence-corrected chi connectivity index (χ2v) is 10.8. The first kappa shape index (κ1) is 27.0. The summed E-state index contributed by atoms with van der Waals surface area (Å²) < 4.78 is 25.3. The van der Waals surface area contributed by atoms with Gasteiger partial charge in [-0.15, -0.1) is 0 Å². The van der Waals surface area contributed by atoms with Gasteiger partial charge in [-0.05, 0) is 31.0 Å². The van der Waals surface area contributed by atoms with Crippen molar-refractivity contribution in [2.45, 2.75) is 121 Å². The Balaban J connectivity index is 2.22. The van der Waals surface area contributed by atoms with E-state index in [0.717, 1.165) is 37.9 Å². The monoisotopic (exact) mass is 437 g/mol. The molecule has 0 unspecified atom stereocenters. The summed E-state index contributed by atoms with van der Waals surface area (Å²) in [6.07, 6.45) is 19.8. The van der Waals surface area contributed by atoms with Crippen molar-refractivity contribution in [1.82, 2.24) is 0 Å². The Morgan fingerprint density at radius 2 is 1.17 bits per heavy atom. The van der Waals surface area contributed by atoms with Gasteiger partial charge in [0.2, 0.25) is 0 Å². The third kappa shape index (κ3) is 13.3. The summed E-state index contributed by atoms with van der Waals surface area (Å²) in [6.45, 7) is 5.39. The van der Waals surface area contributed by atoms with Crippen LogP contribution in [-0.4, -0.2) is 20.7 Å². The summed E-state index contributed by atoms with van der Waals surface area (Å²) >= 11 is 0. The minimum absolute atomic E-state index is 0.267. The highest BCUT2D eigenvalue weighted by atomic mass is 32.2. The molecule has 1 aromatic rings. The molecule has 0 heterocycles. The Bertz CT molecular complexity index is 628. The lowest BCUT2D eigenvalue weighted by molar-refractivity contribution is 0.572. The van der Waals surface area contributed by atoms with Gasteiger partial charge in [0, 0.05) is 12.2 Å². The lowest BCUT2D eigenvalue weighted by Gasteiger charge is -2.09. The van der Waals surface area contributed by atoms with Gasteiger partial charge >= 0.3 is 0 Å². The van der Waals surface area contributed by atoms with E-state index in [1.165, 1.54) is 77.0 Å². The average molecular weight is 438 g/mol. The molecule has 0 bridgehead atoms. The van der Waals surface area contributed by atoms with Crippen molar-refractivity contribution < 1.29 is 8.42 Å². The van der Waals surface area contributed by atoms with Gasteiger partial charge in [0.15, 0.2) is 9.84 Å². The number of sulfone groups is 1. The van der Waals surface area contributed by atoms with E-state index in [2.05, 4.69) is 19.2 Å². The summed E-state index contributed by atoms with van der Waals surface area (Å²) in [4.78, 5) is 0.464. The van der Waals surface area contributed by atoms with E-state index in [4.69, 9.17) is 0 Å². The van der Waals surface area contributed by atoms with Crippen LogP contribution in [0.3, 0.4) is 0 Å². The van der Waals surface area contributed by atoms with Crippen LogP contribution in [0.4, 0.5) is 5.69 Å². The zero-order valence-corrected chi connectivity index (χ0v) is 20.6. The summed E-state index contributed by atoms with van der Waals surface area (Å²) in [7, 11) is -3.17. The molecule has 4 heteroatoms. The van der Waals surface area contributed by atoms with E-state index < -0.39 is 9.84 Å². The highest BCUT2D eigenvalue weighted by molar-refractivity contribution is 7.91. The molecule has 174 valence electrons. The quantitative estimate of drug-likeness (QED) is 0.209. The zero-order valence-electron chi connectivity index (χ0n) is 19.8. The molecule has 0 aliphatic rings. The van der Waals surface area contributed by atoms with Crippen molar-refractivity contribution in [2.24, 2.45) is 0 Å². The first-order chi connectivity index (χ1) is 14.6. The van der Waals surface area contributed by atoms with Gasteiger partial charge in [0.05, 0.1) is 10.6 Å². The van der Waals surface area contributed by atoms with E-state index in [1.54, 1.807) is 6.07 Å². The van der Waals surface area contributed by atoms with E-state index in [9.17, 15) is 8.42 Å². The molecule has 0 amide bonds. The number of nitrogens with one attached hydrogen (secondary N) is 1. The predicted molar refractivity (Wildman–Crippen MR) is 132 cm³/mol. The molecule has 0 aromatic heterocycles. The standard InChI is InChI=1S/C26H47NO2S/c1-3-5-7-9-11-13-15-17-22-27-25-20-19-21-26(24-25)30(28,29)23-18-16-14-12-10-8-6-4-2/h19-21,24,27H,3-18,22-23H2,1-2H3. The maximum absolute atomic E-state index is 12.7. The van der Waals surface area contributed by atoms with Crippen molar-refractivity contribution in [1.29, 1.82) is 0 Å². The van der Waals surface area contributed by atoms with Crippen LogP contribution in [0.25, 0.3) is 0 Å². The SMILES string of the molecule is CCCCCCCCCCNc1cccc(S(=O)(=O)CCCCCCCCCC)c1. The van der Waals surface area contributed by atoms with Gasteiger partial charge in [-0.2, -0.15) is 0 Å². The molecular weight excluding hydrogens is 390 g/mol. The van der Waals surface area contributed by atoms with Crippen LogP contribution in [0.2, 0.25) is 0 Å². The molecule has 0 atom stereocenters. The summed E-state index contributed by atoms with van der Waals surface area (Å²) in [6, 6.07) is 7.38. The lowest BCUT2D eigenvalue weighted by atomic mass is 10.1. The topological polar surface area (TPSA) is 46.2 Å². The largest absolute Gasteiger partial charge is 0.385 e. The van der Waals surface area contributed by atoms with Crippen molar-refractivity contribution in [3.05, 3.63) is 24.3 Å². The Hall–Kier alpha value is -1.03. The van der Waals surface area contributed by atoms with Crippen molar-refractivity contribution in [3.63, 3.8) is 0 Å². The van der Waals surface area contributed by atoms with E-state index >= 15 is 0 Å². The van der Waals surface area contributed by atoms with Crippen LogP contribution in [-0.2, 0) is 9.84 Å². The molecule has 1 rings (SSSR count). The minimum atomic E-state index is -3.17. The Kier molecular flexibility index (Phi) is 15.9. The molecule has 0 fully saturated rings. The molecular formula is C26H47NO2S. The first-order valence-electron chi connectivity index (χ1n) is 12.7. The average Bonchev–Trinajstić information content (AvgIpc) is 2.74. The maximum atomic E-state index is 12.7. The molecule has 0 aliphatic carbocycles. The predicted octanol–water partition coefficient (Wildman–Crippen LogP) is 8.15. The van der Waals surface area contributed by atoms with E-state index in [0.29, 0.717) is 4.90 Å². The Morgan fingerprint density at radius 1 is 0.667 bits per heavy atom. The molecule has 30 heavy (non-hydrogen) atoms. The summed E-state index contributed by atoms with van der Waals surface area (Å²) in [5, 5.41) is 3.40. The summed E-state index contributed by atoms with van der Waals surface area (Å²) in [5.74, 6) is 0.267. The molecule has 0 spiro atoms. The van der Waals surface area contributed by atoms with Gasteiger partial charge in [0.1, 0.15) is 0 Å². The normalized spacial score (nSPS) is 11.7. The van der Waals surface area contributed by atoms with Crippen LogP contribution in [0.1, 0.15) is 117 Å². The molecule has 0 saturated heterocycles. The number of benzene rings is 1. The first-order valence-corrected chi connectivity index (χ1v) is 14.3. The van der Waals surface area contributed by atoms with Gasteiger partial charge in [-0.25, -0.2) is 8.42 Å². The van der Waals surface area contributed by atoms with Gasteiger partial charge in [-0.1, -0.05) is 110 Å². The second kappa shape index (κ2) is 17.6. The highest BCUT2D eigenvalue weighted by Crippen LogP contribution is 2.19. The highest BCUT2D eigenvalue weighted by Gasteiger charge is 2.14. The van der Waals surface area contributed by atoms with E-state index in [-0.39, 0.29) is 5.75 Å². The Labute approximate surface area is 187 Å². The van der Waals surface area contributed by atoms with Crippen LogP contribution in [0.5, 0.6) is 0 Å². The third-order valence-corrected chi connectivity index (χ3v) is 7.62. The van der Waals surface area contributed by atoms with Gasteiger partial charge in [0.25, 0.3) is 0 Å². The van der Waals surface area contributed by atoms with Crippen LogP contribution in [0, 0.1) is 0 Å². The van der Waals surface area contributed by atoms with Crippen LogP contribution in [0.15, 0.2) is 29.2 Å². The fourth-order valence-electron chi connectivity index (χ4n) is 3.83. The maximum Gasteiger partial charge on any atom is 0.178 e. The fourth-order valence-corrected chi connectivity index (χ4v) is 5.25. The fraction of sp³-hybridized carbons (Fsp3) is 0.769. The molecule has 3 nitrogen and oxygen atoms in total. The number of rotatable bonds is 20. The number of anilines is 1. The molecule has 1 N–H and O–H groups in total. The van der Waals surface area contributed by atoms with E-state index in [1.807, 2.05) is 18.2 Å². The lowest BCUT2D eigenvalue weighted by Crippen LogP contribution is -2.08. The Morgan fingerprint density at radius 3 is 1.73 bits per heavy atom. The zero-order chi connectivity index (χ0) is 21.9. The van der Waals surface area contributed by atoms with Crippen molar-refractivity contribution >= 4 is 15.5 Å². The molecule has 0 aliphatic heterocycles. The number of unbranched alkanes of at least 4 members (excludes halogenated alkanes) is 14. The molecule has 1 aromatic carbocycles. The van der Waals surface area contributed by atoms with Gasteiger partial charge in [-0.3, -0.25) is 0 Å². The van der Waals surface area contributed by atoms with Crippen LogP contribution >= 0.6 is 0 Å². The smallest absolute Gasteiger partial charge is 0.178 e. The molecule has 0 saturated carbocycles. The minimum Gasteiger partial charge on any atom is -0.385 e. The molecule has 0 radical (unpaired) electrons. The number of hydrogen-bond acceptors (Lipinski definition) is 3. The van der Waals surface area contributed by atoms with Crippen molar-refractivity contribution in [3.8, 4) is 0 Å². The summed E-state index contributed by atoms with van der Waals surface area (Å²) in [5.41, 5.74) is 0.926. The van der Waals surface area contributed by atoms with Crippen molar-refractivity contribution in [2.75, 3.05) is 17.6 Å². The van der Waals surface area contributed by atoms with Crippen LogP contribution < -0.4 is 5.32 Å². The third-order valence-electron chi connectivity index (χ3n) is 5.82. The van der Waals surface area contributed by atoms with Gasteiger partial charge < -0.3 is 5.32 Å². The second-order valence-electron chi connectivity index (χ2n) is 8.72. The number of hydrogen-bond donors (Lipinski definition) is 1.